The van der Waals surface area contributed by atoms with Gasteiger partial charge in [0.25, 0.3) is 0 Å². The van der Waals surface area contributed by atoms with Gasteiger partial charge in [-0.05, 0) is 31.3 Å². The second kappa shape index (κ2) is 6.08. The van der Waals surface area contributed by atoms with Gasteiger partial charge in [0.05, 0.1) is 41.4 Å². The van der Waals surface area contributed by atoms with Crippen LogP contribution in [0.15, 0.2) is 54.4 Å². The van der Waals surface area contributed by atoms with Crippen LogP contribution in [-0.4, -0.2) is 36.0 Å². The molecule has 4 aromatic heterocycles. The van der Waals surface area contributed by atoms with Crippen LogP contribution in [0.5, 0.6) is 0 Å². The van der Waals surface area contributed by atoms with Crippen LogP contribution in [-0.2, 0) is 0 Å². The molecular weight excluding hydrogens is 316 g/mol. The van der Waals surface area contributed by atoms with E-state index >= 15 is 0 Å². The second-order valence-electron chi connectivity index (χ2n) is 5.40. The summed E-state index contributed by atoms with van der Waals surface area (Å²) in [7, 11) is 0. The second-order valence-corrected chi connectivity index (χ2v) is 5.40. The highest BCUT2D eigenvalue weighted by atomic mass is 15.1. The smallest absolute Gasteiger partial charge is 0.249 e. The average Bonchev–Trinajstić information content (AvgIpc) is 3.06. The number of fused-ring (bicyclic) bond motifs is 1. The first kappa shape index (κ1) is 14.9. The number of aryl methyl sites for hydroxylation is 1. The lowest BCUT2D eigenvalue weighted by molar-refractivity contribution is 1.09. The van der Waals surface area contributed by atoms with Gasteiger partial charge in [-0.25, -0.2) is 29.9 Å². The van der Waals surface area contributed by atoms with Gasteiger partial charge in [-0.1, -0.05) is 0 Å². The predicted octanol–water partition coefficient (Wildman–Crippen LogP) is 2.97. The Hall–Kier alpha value is -3.68. The van der Waals surface area contributed by atoms with Crippen molar-refractivity contribution in [1.82, 2.24) is 29.3 Å². The predicted molar refractivity (Wildman–Crippen MR) is 95.5 cm³/mol. The number of anilines is 2. The fraction of sp³-hybridized carbons (Fsp3) is 0.0588. The molecule has 122 valence electrons. The molecule has 0 radical (unpaired) electrons. The third kappa shape index (κ3) is 2.80. The SMILES string of the molecule is C=Nc1ncc(C)c(-c2cnc3ccc(Nc4cncnc4)cn23)n1. The van der Waals surface area contributed by atoms with Crippen molar-refractivity contribution in [2.24, 2.45) is 4.99 Å². The van der Waals surface area contributed by atoms with Crippen LogP contribution in [0.1, 0.15) is 5.56 Å². The number of pyridine rings is 1. The number of imidazole rings is 1. The summed E-state index contributed by atoms with van der Waals surface area (Å²) in [4.78, 5) is 24.8. The van der Waals surface area contributed by atoms with Crippen LogP contribution in [0.3, 0.4) is 0 Å². The van der Waals surface area contributed by atoms with E-state index in [4.69, 9.17) is 0 Å². The van der Waals surface area contributed by atoms with Crippen molar-refractivity contribution in [2.45, 2.75) is 6.92 Å². The minimum Gasteiger partial charge on any atom is -0.352 e. The number of hydrogen-bond donors (Lipinski definition) is 1. The van der Waals surface area contributed by atoms with Gasteiger partial charge in [-0.3, -0.25) is 4.40 Å². The Labute approximate surface area is 143 Å². The molecule has 4 rings (SSSR count). The summed E-state index contributed by atoms with van der Waals surface area (Å²) in [6.45, 7) is 5.44. The van der Waals surface area contributed by atoms with Gasteiger partial charge in [0.1, 0.15) is 12.0 Å². The number of aromatic nitrogens is 6. The fourth-order valence-corrected chi connectivity index (χ4v) is 2.53. The van der Waals surface area contributed by atoms with Gasteiger partial charge in [-0.15, -0.1) is 0 Å². The molecule has 4 aromatic rings. The Morgan fingerprint density at radius 1 is 1.04 bits per heavy atom. The van der Waals surface area contributed by atoms with Gasteiger partial charge in [0.2, 0.25) is 5.95 Å². The highest BCUT2D eigenvalue weighted by Crippen LogP contribution is 2.25. The van der Waals surface area contributed by atoms with E-state index in [9.17, 15) is 0 Å². The molecule has 8 nitrogen and oxygen atoms in total. The molecule has 0 bridgehead atoms. The van der Waals surface area contributed by atoms with Crippen molar-refractivity contribution in [3.63, 3.8) is 0 Å². The summed E-state index contributed by atoms with van der Waals surface area (Å²) in [6.07, 6.45) is 10.4. The molecular formula is C17H14N8. The first-order valence-electron chi connectivity index (χ1n) is 7.54. The molecule has 0 aliphatic carbocycles. The standard InChI is InChI=1S/C17H14N8/c1-11-5-22-17(18-2)24-16(11)14-8-21-15-4-3-12(9-25(14)15)23-13-6-19-10-20-7-13/h3-10,23H,2H2,1H3. The van der Waals surface area contributed by atoms with Crippen molar-refractivity contribution in [1.29, 1.82) is 0 Å². The Morgan fingerprint density at radius 3 is 2.68 bits per heavy atom. The minimum atomic E-state index is 0.339. The van der Waals surface area contributed by atoms with Crippen LogP contribution in [0.2, 0.25) is 0 Å². The lowest BCUT2D eigenvalue weighted by Crippen LogP contribution is -1.97. The van der Waals surface area contributed by atoms with Gasteiger partial charge in [0, 0.05) is 12.4 Å². The van der Waals surface area contributed by atoms with Crippen LogP contribution < -0.4 is 5.32 Å². The molecule has 1 N–H and O–H groups in total. The molecule has 0 saturated carbocycles. The monoisotopic (exact) mass is 330 g/mol. The molecule has 0 aliphatic rings. The third-order valence-electron chi connectivity index (χ3n) is 3.70. The van der Waals surface area contributed by atoms with E-state index < -0.39 is 0 Å². The number of nitrogens with zero attached hydrogens (tertiary/aromatic N) is 7. The first-order chi connectivity index (χ1) is 12.2. The molecule has 0 aromatic carbocycles. The summed E-state index contributed by atoms with van der Waals surface area (Å²) in [6, 6.07) is 3.88. The van der Waals surface area contributed by atoms with Crippen molar-refractivity contribution in [3.05, 3.63) is 55.0 Å². The molecule has 25 heavy (non-hydrogen) atoms. The van der Waals surface area contributed by atoms with Gasteiger partial charge < -0.3 is 5.32 Å². The summed E-state index contributed by atoms with van der Waals surface area (Å²) < 4.78 is 1.97. The molecule has 0 unspecified atom stereocenters. The molecule has 0 spiro atoms. The van der Waals surface area contributed by atoms with E-state index in [2.05, 4.69) is 41.9 Å². The van der Waals surface area contributed by atoms with Gasteiger partial charge in [-0.2, -0.15) is 0 Å². The maximum Gasteiger partial charge on any atom is 0.249 e. The Balaban J connectivity index is 1.80. The van der Waals surface area contributed by atoms with Crippen molar-refractivity contribution < 1.29 is 0 Å². The Kier molecular flexibility index (Phi) is 3.62. The third-order valence-corrected chi connectivity index (χ3v) is 3.70. The topological polar surface area (TPSA) is 93.2 Å². The van der Waals surface area contributed by atoms with Crippen molar-refractivity contribution in [2.75, 3.05) is 5.32 Å². The lowest BCUT2D eigenvalue weighted by Gasteiger charge is -2.08. The van der Waals surface area contributed by atoms with E-state index in [0.29, 0.717) is 5.95 Å². The van der Waals surface area contributed by atoms with Crippen molar-refractivity contribution >= 4 is 29.7 Å². The molecule has 0 atom stereocenters. The maximum absolute atomic E-state index is 4.46. The number of hydrogen-bond acceptors (Lipinski definition) is 7. The molecule has 0 saturated heterocycles. The largest absolute Gasteiger partial charge is 0.352 e. The molecule has 0 fully saturated rings. The average molecular weight is 330 g/mol. The molecule has 4 heterocycles. The number of nitrogens with one attached hydrogen (secondary N) is 1. The normalized spacial score (nSPS) is 10.8. The first-order valence-corrected chi connectivity index (χ1v) is 7.54. The quantitative estimate of drug-likeness (QED) is 0.578. The van der Waals surface area contributed by atoms with E-state index in [1.807, 2.05) is 29.7 Å². The summed E-state index contributed by atoms with van der Waals surface area (Å²) in [5.74, 6) is 0.339. The van der Waals surface area contributed by atoms with Crippen LogP contribution in [0.4, 0.5) is 17.3 Å². The fourth-order valence-electron chi connectivity index (χ4n) is 2.53. The van der Waals surface area contributed by atoms with Crippen LogP contribution in [0.25, 0.3) is 17.0 Å². The zero-order valence-corrected chi connectivity index (χ0v) is 13.5. The zero-order valence-electron chi connectivity index (χ0n) is 13.5. The van der Waals surface area contributed by atoms with E-state index in [0.717, 1.165) is 34.0 Å². The molecule has 8 heteroatoms. The van der Waals surface area contributed by atoms with Gasteiger partial charge in [0.15, 0.2) is 0 Å². The molecule has 0 amide bonds. The summed E-state index contributed by atoms with van der Waals surface area (Å²) in [5, 5.41) is 3.27. The highest BCUT2D eigenvalue weighted by Gasteiger charge is 2.12. The van der Waals surface area contributed by atoms with Crippen molar-refractivity contribution in [3.8, 4) is 11.4 Å². The van der Waals surface area contributed by atoms with E-state index in [-0.39, 0.29) is 0 Å². The van der Waals surface area contributed by atoms with Crippen LogP contribution >= 0.6 is 0 Å². The highest BCUT2D eigenvalue weighted by molar-refractivity contribution is 5.67. The Bertz CT molecular complexity index is 1050. The summed E-state index contributed by atoms with van der Waals surface area (Å²) in [5.41, 5.74) is 5.06. The number of rotatable bonds is 4. The lowest BCUT2D eigenvalue weighted by atomic mass is 10.2. The van der Waals surface area contributed by atoms with Crippen LogP contribution in [0, 0.1) is 6.92 Å². The number of aliphatic imine (C=N–C) groups is 1. The zero-order chi connectivity index (χ0) is 17.2. The van der Waals surface area contributed by atoms with Gasteiger partial charge >= 0.3 is 0 Å². The van der Waals surface area contributed by atoms with E-state index in [1.165, 1.54) is 6.33 Å². The minimum absolute atomic E-state index is 0.339. The molecule has 0 aliphatic heterocycles. The maximum atomic E-state index is 4.46. The summed E-state index contributed by atoms with van der Waals surface area (Å²) >= 11 is 0. The van der Waals surface area contributed by atoms with E-state index in [1.54, 1.807) is 24.8 Å². The Morgan fingerprint density at radius 2 is 1.88 bits per heavy atom.